The summed E-state index contributed by atoms with van der Waals surface area (Å²) in [5.74, 6) is -2.47. The van der Waals surface area contributed by atoms with Crippen LogP contribution in [0.1, 0.15) is 87.2 Å². The van der Waals surface area contributed by atoms with Gasteiger partial charge in [-0.3, -0.25) is 9.88 Å². The Hall–Kier alpha value is -1.89. The fourth-order valence-electron chi connectivity index (χ4n) is 6.45. The predicted molar refractivity (Wildman–Crippen MR) is 146 cm³/mol. The second-order valence-electron chi connectivity index (χ2n) is 12.4. The molecule has 0 radical (unpaired) electrons. The van der Waals surface area contributed by atoms with Gasteiger partial charge in [-0.1, -0.05) is 44.2 Å². The van der Waals surface area contributed by atoms with E-state index in [2.05, 4.69) is 65.8 Å². The summed E-state index contributed by atoms with van der Waals surface area (Å²) < 4.78 is 27.1. The van der Waals surface area contributed by atoms with Crippen LogP contribution in [0, 0.1) is 5.41 Å². The van der Waals surface area contributed by atoms with Crippen molar-refractivity contribution in [1.82, 2.24) is 20.5 Å². The molecule has 5 rings (SSSR count). The smallest absolute Gasteiger partial charge is 0.248 e. The molecular weight excluding hydrogens is 466 g/mol. The van der Waals surface area contributed by atoms with E-state index in [0.29, 0.717) is 24.9 Å². The summed E-state index contributed by atoms with van der Waals surface area (Å²) in [4.78, 5) is 7.56. The number of halogens is 2. The molecule has 3 aliphatic rings. The van der Waals surface area contributed by atoms with Gasteiger partial charge < -0.3 is 10.6 Å². The van der Waals surface area contributed by atoms with Crippen LogP contribution in [-0.2, 0) is 19.4 Å². The molecule has 1 aromatic carbocycles. The number of rotatable bonds is 9. The number of pyridine rings is 1. The standard InChI is InChI=1S/C31H44F2N4/c1-30(2,22-36-26-12-14-31(32,33)15-13-26)16-18-37(28-11-5-9-23-10-6-17-34-29(23)28)21-27-19-24-7-3-4-8-25(24)20-35-27/h3-4,6-8,10,17,26-28,35-36H,5,9,11-16,18-22H2,1-2H3/t27-,28+/m1/s1. The van der Waals surface area contributed by atoms with E-state index in [9.17, 15) is 8.78 Å². The zero-order valence-corrected chi connectivity index (χ0v) is 22.6. The zero-order chi connectivity index (χ0) is 25.9. The maximum absolute atomic E-state index is 13.6. The molecule has 2 aromatic rings. The van der Waals surface area contributed by atoms with Gasteiger partial charge in [0.1, 0.15) is 0 Å². The minimum atomic E-state index is -2.47. The number of aryl methyl sites for hydroxylation is 1. The molecule has 6 heteroatoms. The maximum atomic E-state index is 13.6. The van der Waals surface area contributed by atoms with Crippen molar-refractivity contribution in [1.29, 1.82) is 0 Å². The summed E-state index contributed by atoms with van der Waals surface area (Å²) in [6.07, 6.45) is 8.75. The maximum Gasteiger partial charge on any atom is 0.248 e. The Labute approximate surface area is 221 Å². The van der Waals surface area contributed by atoms with E-state index < -0.39 is 5.92 Å². The van der Waals surface area contributed by atoms with E-state index in [1.165, 1.54) is 28.8 Å². The van der Waals surface area contributed by atoms with Gasteiger partial charge in [-0.05, 0) is 79.7 Å². The molecule has 2 atom stereocenters. The monoisotopic (exact) mass is 510 g/mol. The van der Waals surface area contributed by atoms with Crippen LogP contribution >= 0.6 is 0 Å². The summed E-state index contributed by atoms with van der Waals surface area (Å²) >= 11 is 0. The molecule has 202 valence electrons. The van der Waals surface area contributed by atoms with E-state index in [0.717, 1.165) is 51.9 Å². The molecule has 0 unspecified atom stereocenters. The zero-order valence-electron chi connectivity index (χ0n) is 22.6. The van der Waals surface area contributed by atoms with Gasteiger partial charge in [-0.25, -0.2) is 8.78 Å². The molecule has 1 aliphatic heterocycles. The first-order chi connectivity index (χ1) is 17.8. The Morgan fingerprint density at radius 3 is 2.62 bits per heavy atom. The summed E-state index contributed by atoms with van der Waals surface area (Å²) in [7, 11) is 0. The number of fused-ring (bicyclic) bond motifs is 2. The van der Waals surface area contributed by atoms with Crippen molar-refractivity contribution in [2.75, 3.05) is 19.6 Å². The lowest BCUT2D eigenvalue weighted by molar-refractivity contribution is -0.0410. The minimum absolute atomic E-state index is 0.0183. The fourth-order valence-corrected chi connectivity index (χ4v) is 6.45. The van der Waals surface area contributed by atoms with Crippen molar-refractivity contribution in [2.45, 2.75) is 102 Å². The number of benzene rings is 1. The number of nitrogens with zero attached hydrogens (tertiary/aromatic N) is 2. The number of aromatic nitrogens is 1. The topological polar surface area (TPSA) is 40.2 Å². The normalized spacial score (nSPS) is 24.0. The SMILES string of the molecule is CC(C)(CCN(C[C@H]1Cc2ccccc2CN1)[C@H]1CCCc2cccnc21)CNC1CCC(F)(F)CC1. The van der Waals surface area contributed by atoms with Gasteiger partial charge in [0.05, 0.1) is 11.7 Å². The first-order valence-electron chi connectivity index (χ1n) is 14.4. The highest BCUT2D eigenvalue weighted by Gasteiger charge is 2.36. The van der Waals surface area contributed by atoms with Gasteiger partial charge in [0.2, 0.25) is 5.92 Å². The summed E-state index contributed by atoms with van der Waals surface area (Å²) in [5.41, 5.74) is 5.65. The molecule has 1 saturated carbocycles. The van der Waals surface area contributed by atoms with Crippen molar-refractivity contribution < 1.29 is 8.78 Å². The Bertz CT molecular complexity index is 1030. The first kappa shape index (κ1) is 26.7. The Morgan fingerprint density at radius 1 is 1.05 bits per heavy atom. The third-order valence-corrected chi connectivity index (χ3v) is 8.89. The molecule has 2 N–H and O–H groups in total. The molecule has 2 heterocycles. The number of alkyl halides is 2. The van der Waals surface area contributed by atoms with Gasteiger partial charge in [-0.15, -0.1) is 0 Å². The summed E-state index contributed by atoms with van der Waals surface area (Å²) in [6, 6.07) is 14.1. The van der Waals surface area contributed by atoms with E-state index in [-0.39, 0.29) is 24.3 Å². The van der Waals surface area contributed by atoms with Crippen molar-refractivity contribution in [3.63, 3.8) is 0 Å². The molecule has 37 heavy (non-hydrogen) atoms. The van der Waals surface area contributed by atoms with Crippen LogP contribution in [0.25, 0.3) is 0 Å². The third kappa shape index (κ3) is 6.96. The van der Waals surface area contributed by atoms with E-state index in [4.69, 9.17) is 4.98 Å². The van der Waals surface area contributed by atoms with Crippen LogP contribution in [0.3, 0.4) is 0 Å². The van der Waals surface area contributed by atoms with Gasteiger partial charge in [0.15, 0.2) is 0 Å². The van der Waals surface area contributed by atoms with Gasteiger partial charge in [-0.2, -0.15) is 0 Å². The highest BCUT2D eigenvalue weighted by Crippen LogP contribution is 2.36. The van der Waals surface area contributed by atoms with Crippen molar-refractivity contribution in [3.8, 4) is 0 Å². The largest absolute Gasteiger partial charge is 0.313 e. The quantitative estimate of drug-likeness (QED) is 0.430. The summed E-state index contributed by atoms with van der Waals surface area (Å²) in [6.45, 7) is 8.46. The van der Waals surface area contributed by atoms with E-state index in [1.807, 2.05) is 6.20 Å². The molecule has 0 amide bonds. The van der Waals surface area contributed by atoms with E-state index in [1.54, 1.807) is 0 Å². The lowest BCUT2D eigenvalue weighted by Gasteiger charge is -2.40. The molecule has 1 fully saturated rings. The molecule has 0 bridgehead atoms. The predicted octanol–water partition coefficient (Wildman–Crippen LogP) is 6.06. The fraction of sp³-hybridized carbons (Fsp3) is 0.645. The van der Waals surface area contributed by atoms with E-state index >= 15 is 0 Å². The molecule has 4 nitrogen and oxygen atoms in total. The molecule has 2 aliphatic carbocycles. The highest BCUT2D eigenvalue weighted by atomic mass is 19.3. The van der Waals surface area contributed by atoms with Crippen LogP contribution in [0.4, 0.5) is 8.78 Å². The molecule has 0 saturated heterocycles. The van der Waals surface area contributed by atoms with Crippen molar-refractivity contribution >= 4 is 0 Å². The number of hydrogen-bond donors (Lipinski definition) is 2. The van der Waals surface area contributed by atoms with Crippen molar-refractivity contribution in [2.24, 2.45) is 5.41 Å². The number of nitrogens with one attached hydrogen (secondary N) is 2. The lowest BCUT2D eigenvalue weighted by atomic mass is 9.85. The van der Waals surface area contributed by atoms with Crippen LogP contribution < -0.4 is 10.6 Å². The van der Waals surface area contributed by atoms with Gasteiger partial charge in [0, 0.05) is 50.8 Å². The third-order valence-electron chi connectivity index (χ3n) is 8.89. The van der Waals surface area contributed by atoms with Crippen LogP contribution in [0.2, 0.25) is 0 Å². The average molecular weight is 511 g/mol. The molecule has 1 aromatic heterocycles. The number of hydrogen-bond acceptors (Lipinski definition) is 4. The average Bonchev–Trinajstić information content (AvgIpc) is 2.90. The Kier molecular flexibility index (Phi) is 8.28. The molecule has 0 spiro atoms. The Balaban J connectivity index is 1.24. The Morgan fingerprint density at radius 2 is 1.81 bits per heavy atom. The first-order valence-corrected chi connectivity index (χ1v) is 14.4. The second-order valence-corrected chi connectivity index (χ2v) is 12.4. The highest BCUT2D eigenvalue weighted by molar-refractivity contribution is 5.30. The molecular formula is C31H44F2N4. The van der Waals surface area contributed by atoms with Crippen LogP contribution in [0.15, 0.2) is 42.6 Å². The van der Waals surface area contributed by atoms with Crippen molar-refractivity contribution in [3.05, 3.63) is 65.0 Å². The lowest BCUT2D eigenvalue weighted by Crippen LogP contribution is -2.48. The second kappa shape index (κ2) is 11.5. The minimum Gasteiger partial charge on any atom is -0.313 e. The summed E-state index contributed by atoms with van der Waals surface area (Å²) in [5, 5.41) is 7.44. The van der Waals surface area contributed by atoms with Gasteiger partial charge in [0.25, 0.3) is 0 Å². The van der Waals surface area contributed by atoms with Crippen LogP contribution in [0.5, 0.6) is 0 Å². The van der Waals surface area contributed by atoms with Gasteiger partial charge >= 0.3 is 0 Å². The van der Waals surface area contributed by atoms with Crippen LogP contribution in [-0.4, -0.2) is 47.5 Å².